The summed E-state index contributed by atoms with van der Waals surface area (Å²) in [7, 11) is 1.66. The lowest BCUT2D eigenvalue weighted by atomic mass is 10.0. The number of carbonyl (C=O) groups is 4. The molecule has 1 heterocycles. The Morgan fingerprint density at radius 1 is 1.22 bits per heavy atom. The van der Waals surface area contributed by atoms with E-state index in [0.717, 1.165) is 12.8 Å². The van der Waals surface area contributed by atoms with E-state index in [2.05, 4.69) is 16.4 Å². The highest BCUT2D eigenvalue weighted by Gasteiger charge is 2.28. The van der Waals surface area contributed by atoms with E-state index in [1.54, 1.807) is 54.1 Å². The number of ketones is 1. The minimum Gasteiger partial charge on any atom is -0.370 e. The Morgan fingerprint density at radius 2 is 1.97 bits per heavy atom. The first-order chi connectivity index (χ1) is 17.3. The third-order valence-corrected chi connectivity index (χ3v) is 6.44. The summed E-state index contributed by atoms with van der Waals surface area (Å²) in [6, 6.07) is 13.9. The number of aromatic nitrogens is 2. The van der Waals surface area contributed by atoms with Crippen LogP contribution in [0.4, 0.5) is 11.6 Å². The molecule has 3 aromatic rings. The Balaban J connectivity index is 1.60. The van der Waals surface area contributed by atoms with Gasteiger partial charge in [0.05, 0.1) is 11.0 Å². The summed E-state index contributed by atoms with van der Waals surface area (Å²) in [6.45, 7) is 0.209. The van der Waals surface area contributed by atoms with Crippen LogP contribution in [0.15, 0.2) is 42.5 Å². The maximum Gasteiger partial charge on any atom is 0.308 e. The molecule has 10 nitrogen and oxygen atoms in total. The molecule has 10 heteroatoms. The van der Waals surface area contributed by atoms with Crippen LogP contribution in [-0.4, -0.2) is 40.1 Å². The fourth-order valence-electron chi connectivity index (χ4n) is 4.34. The van der Waals surface area contributed by atoms with Gasteiger partial charge in [-0.2, -0.15) is 0 Å². The molecule has 36 heavy (non-hydrogen) atoms. The quantitative estimate of drug-likeness (QED) is 0.433. The zero-order chi connectivity index (χ0) is 25.8. The van der Waals surface area contributed by atoms with Crippen LogP contribution in [-0.2, 0) is 20.9 Å². The third kappa shape index (κ3) is 5.25. The van der Waals surface area contributed by atoms with Gasteiger partial charge in [0, 0.05) is 50.0 Å². The molecule has 4 N–H and O–H groups in total. The lowest BCUT2D eigenvalue weighted by Crippen LogP contribution is -2.29. The predicted octanol–water partition coefficient (Wildman–Crippen LogP) is 1.01. The van der Waals surface area contributed by atoms with Crippen LogP contribution in [0.5, 0.6) is 0 Å². The van der Waals surface area contributed by atoms with Gasteiger partial charge in [-0.05, 0) is 55.3 Å². The normalized spacial score (nSPS) is 15.0. The molecule has 1 aliphatic carbocycles. The van der Waals surface area contributed by atoms with Gasteiger partial charge in [0.2, 0.25) is 17.8 Å². The Bertz CT molecular complexity index is 1390. The minimum absolute atomic E-state index is 0.0494. The summed E-state index contributed by atoms with van der Waals surface area (Å²) in [6.07, 6.45) is 2.34. The number of carbonyl (C=O) groups excluding carboxylic acids is 4. The summed E-state index contributed by atoms with van der Waals surface area (Å²) < 4.78 is 1.69. The lowest BCUT2D eigenvalue weighted by Gasteiger charge is -2.19. The number of Topliss-reactive ketones (excluding diaryl/α,β-unsaturated/α-hetero) is 1. The molecule has 0 bridgehead atoms. The fourth-order valence-corrected chi connectivity index (χ4v) is 4.34. The van der Waals surface area contributed by atoms with Gasteiger partial charge in [0.1, 0.15) is 11.3 Å². The molecule has 0 aliphatic heterocycles. The summed E-state index contributed by atoms with van der Waals surface area (Å²) in [5.74, 6) is -0.883. The van der Waals surface area contributed by atoms with Crippen molar-refractivity contribution in [2.24, 2.45) is 11.7 Å². The molecule has 1 unspecified atom stereocenters. The van der Waals surface area contributed by atoms with Gasteiger partial charge in [-0.3, -0.25) is 24.5 Å². The monoisotopic (exact) mass is 487 g/mol. The first-order valence-corrected chi connectivity index (χ1v) is 11.7. The smallest absolute Gasteiger partial charge is 0.308 e. The molecule has 2 aromatic carbocycles. The minimum atomic E-state index is -0.490. The molecular weight excluding hydrogens is 460 g/mol. The molecule has 184 valence electrons. The van der Waals surface area contributed by atoms with Crippen LogP contribution < -0.4 is 21.2 Å². The van der Waals surface area contributed by atoms with Crippen molar-refractivity contribution in [1.82, 2.24) is 9.55 Å². The SMILES string of the molecule is CN(C(=O)CC1CCCC1=O)c1ccc2c(c1)nc(NC(=O)c1ccc(C#[NH+])cc1)n2CCC(N)=O. The van der Waals surface area contributed by atoms with Gasteiger partial charge in [-0.1, -0.05) is 5.26 Å². The van der Waals surface area contributed by atoms with E-state index < -0.39 is 11.8 Å². The molecule has 1 aromatic heterocycles. The summed E-state index contributed by atoms with van der Waals surface area (Å²) >= 11 is 0. The van der Waals surface area contributed by atoms with Crippen molar-refractivity contribution < 1.29 is 24.4 Å². The topological polar surface area (TPSA) is 151 Å². The van der Waals surface area contributed by atoms with Crippen molar-refractivity contribution in [3.8, 4) is 6.07 Å². The lowest BCUT2D eigenvalue weighted by molar-refractivity contribution is -0.125. The second-order valence-corrected chi connectivity index (χ2v) is 8.85. The first kappa shape index (κ1) is 24.6. The number of benzene rings is 2. The maximum atomic E-state index is 12.8. The zero-order valence-corrected chi connectivity index (χ0v) is 19.9. The molecule has 3 amide bonds. The van der Waals surface area contributed by atoms with E-state index >= 15 is 0 Å². The van der Waals surface area contributed by atoms with E-state index in [9.17, 15) is 19.2 Å². The van der Waals surface area contributed by atoms with Crippen molar-refractivity contribution in [1.29, 1.82) is 0 Å². The summed E-state index contributed by atoms with van der Waals surface area (Å²) in [4.78, 5) is 55.1. The number of imidazole rings is 1. The van der Waals surface area contributed by atoms with Crippen molar-refractivity contribution in [2.45, 2.75) is 38.6 Å². The van der Waals surface area contributed by atoms with Gasteiger partial charge in [-0.15, -0.1) is 0 Å². The molecule has 1 aliphatic rings. The zero-order valence-electron chi connectivity index (χ0n) is 19.9. The van der Waals surface area contributed by atoms with E-state index in [1.807, 2.05) is 0 Å². The Morgan fingerprint density at radius 3 is 2.61 bits per heavy atom. The van der Waals surface area contributed by atoms with Gasteiger partial charge >= 0.3 is 6.07 Å². The maximum absolute atomic E-state index is 12.8. The van der Waals surface area contributed by atoms with Crippen molar-refractivity contribution >= 4 is 46.2 Å². The molecule has 0 spiro atoms. The third-order valence-electron chi connectivity index (χ3n) is 6.44. The summed E-state index contributed by atoms with van der Waals surface area (Å²) in [5, 5.41) is 9.95. The van der Waals surface area contributed by atoms with Crippen LogP contribution in [0.25, 0.3) is 11.0 Å². The molecule has 1 saturated carbocycles. The van der Waals surface area contributed by atoms with E-state index in [-0.39, 0.29) is 42.9 Å². The molecule has 0 radical (unpaired) electrons. The largest absolute Gasteiger partial charge is 0.370 e. The standard InChI is InChI=1S/C26H26N6O4/c1-31(24(35)13-18-3-2-4-22(18)33)19-9-10-21-20(14-19)29-26(32(21)12-11-23(28)34)30-25(36)17-7-5-16(15-27)6-8-17/h5-10,14,18H,2-4,11-13H2,1H3,(H2,28,34)(H,29,30,36)/p+1. The average Bonchev–Trinajstić information content (AvgIpc) is 3.43. The highest BCUT2D eigenvalue weighted by atomic mass is 16.2. The van der Waals surface area contributed by atoms with Gasteiger partial charge in [0.25, 0.3) is 5.91 Å². The van der Waals surface area contributed by atoms with Crippen LogP contribution in [0.3, 0.4) is 0 Å². The first-order valence-electron chi connectivity index (χ1n) is 11.7. The second-order valence-electron chi connectivity index (χ2n) is 8.85. The highest BCUT2D eigenvalue weighted by molar-refractivity contribution is 6.04. The highest BCUT2D eigenvalue weighted by Crippen LogP contribution is 2.28. The number of aryl methyl sites for hydroxylation is 1. The van der Waals surface area contributed by atoms with E-state index in [1.165, 1.54) is 4.90 Å². The van der Waals surface area contributed by atoms with Gasteiger partial charge in [0.15, 0.2) is 0 Å². The number of rotatable bonds is 8. The molecular formula is C26H27N6O4+. The molecule has 4 rings (SSSR count). The van der Waals surface area contributed by atoms with Crippen molar-refractivity contribution in [3.63, 3.8) is 0 Å². The Hall–Kier alpha value is -4.52. The van der Waals surface area contributed by atoms with Crippen molar-refractivity contribution in [2.75, 3.05) is 17.3 Å². The second kappa shape index (κ2) is 10.4. The number of hydrogen-bond acceptors (Lipinski definition) is 5. The summed E-state index contributed by atoms with van der Waals surface area (Å²) in [5.41, 5.74) is 8.06. The fraction of sp³-hybridized carbons (Fsp3) is 0.308. The number of amides is 3. The molecule has 1 fully saturated rings. The van der Waals surface area contributed by atoms with Gasteiger partial charge < -0.3 is 15.2 Å². The van der Waals surface area contributed by atoms with E-state index in [0.29, 0.717) is 34.3 Å². The number of hydrogen-bond donors (Lipinski definition) is 3. The number of nitrogens with one attached hydrogen (secondary N) is 2. The average molecular weight is 488 g/mol. The van der Waals surface area contributed by atoms with Crippen molar-refractivity contribution in [3.05, 3.63) is 53.6 Å². The number of nitrogens with zero attached hydrogens (tertiary/aromatic N) is 3. The number of nitrogens with two attached hydrogens (primary N) is 1. The number of fused-ring (bicyclic) bond motifs is 1. The van der Waals surface area contributed by atoms with Gasteiger partial charge in [-0.25, -0.2) is 4.98 Å². The Labute approximate surface area is 207 Å². The number of primary amides is 1. The molecule has 0 saturated heterocycles. The van der Waals surface area contributed by atoms with Crippen LogP contribution in [0.1, 0.15) is 48.0 Å². The Kier molecular flexibility index (Phi) is 7.10. The van der Waals surface area contributed by atoms with Crippen LogP contribution in [0.2, 0.25) is 0 Å². The van der Waals surface area contributed by atoms with E-state index in [4.69, 9.17) is 11.0 Å². The van der Waals surface area contributed by atoms with Crippen LogP contribution >= 0.6 is 0 Å². The van der Waals surface area contributed by atoms with Crippen LogP contribution in [0, 0.1) is 12.0 Å². The number of anilines is 2. The predicted molar refractivity (Wildman–Crippen MR) is 132 cm³/mol. The molecule has 1 atom stereocenters.